The molecule has 0 aliphatic carbocycles. The number of carbonyl (C=O) groups excluding carboxylic acids is 2. The molecule has 0 aromatic heterocycles. The van der Waals surface area contributed by atoms with Gasteiger partial charge in [-0.3, -0.25) is 9.59 Å². The first kappa shape index (κ1) is 18.8. The molecule has 0 heterocycles. The third-order valence-electron chi connectivity index (χ3n) is 3.84. The summed E-state index contributed by atoms with van der Waals surface area (Å²) >= 11 is 12.1. The van der Waals surface area contributed by atoms with Crippen LogP contribution in [0, 0.1) is 6.92 Å². The monoisotopic (exact) mass is 345 g/mol. The Morgan fingerprint density at radius 3 is 2.45 bits per heavy atom. The van der Waals surface area contributed by atoms with Crippen LogP contribution in [0.4, 0.5) is 0 Å². The Bertz CT molecular complexity index is 589. The van der Waals surface area contributed by atoms with Crippen molar-refractivity contribution in [1.29, 1.82) is 0 Å². The van der Waals surface area contributed by atoms with Gasteiger partial charge < -0.3 is 10.1 Å². The molecule has 1 aromatic carbocycles. The third-order valence-corrected chi connectivity index (χ3v) is 4.72. The molecule has 1 aromatic rings. The topological polar surface area (TPSA) is 55.4 Å². The first-order valence-electron chi connectivity index (χ1n) is 7.06. The second-order valence-electron chi connectivity index (χ2n) is 5.48. The molecule has 4 nitrogen and oxygen atoms in total. The van der Waals surface area contributed by atoms with Crippen LogP contribution in [0.3, 0.4) is 0 Å². The van der Waals surface area contributed by atoms with Crippen LogP contribution >= 0.6 is 23.2 Å². The van der Waals surface area contributed by atoms with Gasteiger partial charge in [-0.25, -0.2) is 0 Å². The lowest BCUT2D eigenvalue weighted by Gasteiger charge is -2.28. The summed E-state index contributed by atoms with van der Waals surface area (Å²) in [5.74, 6) is -0.0913. The minimum atomic E-state index is -0.894. The molecule has 2 unspecified atom stereocenters. The van der Waals surface area contributed by atoms with E-state index in [0.717, 1.165) is 0 Å². The van der Waals surface area contributed by atoms with Crippen molar-refractivity contribution < 1.29 is 14.3 Å². The van der Waals surface area contributed by atoms with Gasteiger partial charge in [-0.1, -0.05) is 30.1 Å². The molecule has 6 heteroatoms. The number of benzene rings is 1. The van der Waals surface area contributed by atoms with Gasteiger partial charge in [-0.05, 0) is 51.8 Å². The van der Waals surface area contributed by atoms with Crippen molar-refractivity contribution in [3.05, 3.63) is 27.7 Å². The Labute approximate surface area is 141 Å². The summed E-state index contributed by atoms with van der Waals surface area (Å²) in [4.78, 5) is 23.9. The maximum atomic E-state index is 12.2. The Balaban J connectivity index is 2.85. The van der Waals surface area contributed by atoms with Gasteiger partial charge in [0.15, 0.2) is 11.9 Å². The van der Waals surface area contributed by atoms with Crippen molar-refractivity contribution in [2.75, 3.05) is 0 Å². The summed E-state index contributed by atoms with van der Waals surface area (Å²) in [6.45, 7) is 8.36. The molecule has 0 bridgehead atoms. The zero-order valence-corrected chi connectivity index (χ0v) is 14.9. The van der Waals surface area contributed by atoms with Crippen molar-refractivity contribution in [3.63, 3.8) is 0 Å². The van der Waals surface area contributed by atoms with E-state index in [2.05, 4.69) is 5.32 Å². The quantitative estimate of drug-likeness (QED) is 0.849. The summed E-state index contributed by atoms with van der Waals surface area (Å²) in [5.41, 5.74) is -0.204. The number of hydrogen-bond donors (Lipinski definition) is 1. The second kappa shape index (κ2) is 7.34. The average Bonchev–Trinajstić information content (AvgIpc) is 2.47. The average molecular weight is 346 g/mol. The molecule has 0 fully saturated rings. The highest BCUT2D eigenvalue weighted by molar-refractivity contribution is 6.36. The highest BCUT2D eigenvalue weighted by atomic mass is 35.5. The lowest BCUT2D eigenvalue weighted by molar-refractivity contribution is -0.134. The fourth-order valence-corrected chi connectivity index (χ4v) is 2.19. The van der Waals surface area contributed by atoms with Gasteiger partial charge >= 0.3 is 0 Å². The highest BCUT2D eigenvalue weighted by Gasteiger charge is 2.31. The molecule has 0 aliphatic heterocycles. The molecule has 0 radical (unpaired) electrons. The maximum Gasteiger partial charge on any atom is 0.261 e. The molecule has 122 valence electrons. The lowest BCUT2D eigenvalue weighted by Crippen LogP contribution is -2.54. The Morgan fingerprint density at radius 1 is 1.36 bits per heavy atom. The van der Waals surface area contributed by atoms with Crippen molar-refractivity contribution in [2.24, 2.45) is 0 Å². The molecular formula is C16H21Cl2NO3. The molecule has 22 heavy (non-hydrogen) atoms. The first-order valence-corrected chi connectivity index (χ1v) is 7.82. The van der Waals surface area contributed by atoms with Crippen LogP contribution < -0.4 is 10.1 Å². The molecule has 1 N–H and O–H groups in total. The van der Waals surface area contributed by atoms with E-state index in [0.29, 0.717) is 27.8 Å². The molecule has 0 saturated heterocycles. The van der Waals surface area contributed by atoms with E-state index in [-0.39, 0.29) is 11.7 Å². The fraction of sp³-hybridized carbons (Fsp3) is 0.500. The number of hydrogen-bond acceptors (Lipinski definition) is 3. The summed E-state index contributed by atoms with van der Waals surface area (Å²) in [7, 11) is 0. The van der Waals surface area contributed by atoms with Crippen LogP contribution in [0.2, 0.25) is 10.0 Å². The summed E-state index contributed by atoms with van der Waals surface area (Å²) in [6, 6.07) is 3.28. The number of rotatable bonds is 6. The van der Waals surface area contributed by atoms with E-state index < -0.39 is 11.6 Å². The van der Waals surface area contributed by atoms with Gasteiger partial charge in [0.25, 0.3) is 5.91 Å². The van der Waals surface area contributed by atoms with E-state index in [1.54, 1.807) is 32.9 Å². The Morgan fingerprint density at radius 2 is 1.95 bits per heavy atom. The van der Waals surface area contributed by atoms with Gasteiger partial charge in [0.1, 0.15) is 5.75 Å². The number of nitrogens with one attached hydrogen (secondary N) is 1. The largest absolute Gasteiger partial charge is 0.479 e. The number of halogens is 2. The maximum absolute atomic E-state index is 12.2. The zero-order valence-electron chi connectivity index (χ0n) is 13.4. The van der Waals surface area contributed by atoms with Crippen LogP contribution in [-0.4, -0.2) is 23.3 Å². The van der Waals surface area contributed by atoms with Gasteiger partial charge in [0.05, 0.1) is 10.6 Å². The number of ether oxygens (including phenoxy) is 1. The minimum Gasteiger partial charge on any atom is -0.479 e. The van der Waals surface area contributed by atoms with Gasteiger partial charge in [-0.2, -0.15) is 0 Å². The van der Waals surface area contributed by atoms with E-state index in [1.807, 2.05) is 6.92 Å². The van der Waals surface area contributed by atoms with Gasteiger partial charge in [0, 0.05) is 5.02 Å². The van der Waals surface area contributed by atoms with Crippen molar-refractivity contribution in [1.82, 2.24) is 5.32 Å². The van der Waals surface area contributed by atoms with E-state index in [1.165, 1.54) is 6.92 Å². The van der Waals surface area contributed by atoms with E-state index in [4.69, 9.17) is 27.9 Å². The van der Waals surface area contributed by atoms with E-state index >= 15 is 0 Å². The van der Waals surface area contributed by atoms with Crippen LogP contribution in [0.5, 0.6) is 5.75 Å². The van der Waals surface area contributed by atoms with Gasteiger partial charge in [-0.15, -0.1) is 0 Å². The van der Waals surface area contributed by atoms with Gasteiger partial charge in [0.2, 0.25) is 0 Å². The number of amides is 1. The fourth-order valence-electron chi connectivity index (χ4n) is 1.77. The number of Topliss-reactive ketones (excluding diaryl/α,β-unsaturated/α-hetero) is 1. The number of ketones is 1. The molecular weight excluding hydrogens is 325 g/mol. The SMILES string of the molecule is CCC(C)(NC(=O)C(C)Oc1ccc(Cl)c(C)c1Cl)C(C)=O. The normalized spacial score (nSPS) is 14.9. The van der Waals surface area contributed by atoms with Crippen LogP contribution in [0.25, 0.3) is 0 Å². The summed E-state index contributed by atoms with van der Waals surface area (Å²) < 4.78 is 5.60. The molecule has 1 amide bonds. The first-order chi connectivity index (χ1) is 10.1. The predicted molar refractivity (Wildman–Crippen MR) is 88.8 cm³/mol. The summed E-state index contributed by atoms with van der Waals surface area (Å²) in [5, 5.41) is 3.63. The van der Waals surface area contributed by atoms with Crippen LogP contribution in [0.1, 0.15) is 39.7 Å². The number of carbonyl (C=O) groups is 2. The smallest absolute Gasteiger partial charge is 0.261 e. The van der Waals surface area contributed by atoms with E-state index in [9.17, 15) is 9.59 Å². The zero-order chi connectivity index (χ0) is 17.1. The second-order valence-corrected chi connectivity index (χ2v) is 6.26. The van der Waals surface area contributed by atoms with Crippen LogP contribution in [-0.2, 0) is 9.59 Å². The standard InChI is InChI=1S/C16H21Cl2NO3/c1-6-16(5,11(4)20)19-15(21)10(3)22-13-8-7-12(17)9(2)14(13)18/h7-8,10H,6H2,1-5H3,(H,19,21). The molecule has 0 saturated carbocycles. The van der Waals surface area contributed by atoms with Crippen LogP contribution in [0.15, 0.2) is 12.1 Å². The molecule has 0 aliphatic rings. The predicted octanol–water partition coefficient (Wildman–Crippen LogP) is 3.94. The molecule has 1 rings (SSSR count). The highest BCUT2D eigenvalue weighted by Crippen LogP contribution is 2.33. The Kier molecular flexibility index (Phi) is 6.27. The van der Waals surface area contributed by atoms with Crippen molar-refractivity contribution in [2.45, 2.75) is 52.7 Å². The molecule has 0 spiro atoms. The Hall–Kier alpha value is -1.26. The minimum absolute atomic E-state index is 0.101. The lowest BCUT2D eigenvalue weighted by atomic mass is 9.94. The van der Waals surface area contributed by atoms with Crippen molar-refractivity contribution in [3.8, 4) is 5.75 Å². The molecule has 2 atom stereocenters. The van der Waals surface area contributed by atoms with Crippen molar-refractivity contribution >= 4 is 34.9 Å². The summed E-state index contributed by atoms with van der Waals surface area (Å²) in [6.07, 6.45) is -0.287. The third kappa shape index (κ3) is 4.14.